The average Bonchev–Trinajstić information content (AvgIpc) is 2.74. The number of hydrogen-bond acceptors (Lipinski definition) is 1. The fraction of sp³-hybridized carbons (Fsp3) is 0.889. The largest absolute Gasteiger partial charge is 0.338 e. The lowest BCUT2D eigenvalue weighted by Gasteiger charge is -2.15. The quantitative estimate of drug-likeness (QED) is 0.660. The molecule has 1 aliphatic heterocycles. The minimum Gasteiger partial charge on any atom is -0.338 e. The molecule has 0 atom stereocenters. The molecule has 0 spiro atoms. The van der Waals surface area contributed by atoms with Crippen molar-refractivity contribution in [3.8, 4) is 0 Å². The lowest BCUT2D eigenvalue weighted by Crippen LogP contribution is -2.38. The van der Waals surface area contributed by atoms with Gasteiger partial charge in [0.25, 0.3) is 0 Å². The summed E-state index contributed by atoms with van der Waals surface area (Å²) in [7, 11) is 0. The standard InChI is InChI=1S/C9H16N2O/c12-9(10-7-8-3-4-8)11-5-1-2-6-11/h8H,1-7H2,(H,10,12). The molecule has 0 bridgehead atoms. The molecule has 1 saturated carbocycles. The number of likely N-dealkylation sites (tertiary alicyclic amines) is 1. The molecule has 68 valence electrons. The van der Waals surface area contributed by atoms with Crippen molar-refractivity contribution in [1.29, 1.82) is 0 Å². The molecule has 1 aliphatic carbocycles. The normalized spacial score (nSPS) is 22.8. The highest BCUT2D eigenvalue weighted by molar-refractivity contribution is 5.74. The van der Waals surface area contributed by atoms with Gasteiger partial charge in [-0.25, -0.2) is 4.79 Å². The van der Waals surface area contributed by atoms with Gasteiger partial charge in [-0.3, -0.25) is 0 Å². The summed E-state index contributed by atoms with van der Waals surface area (Å²) in [6, 6.07) is 0.152. The fourth-order valence-corrected chi connectivity index (χ4v) is 1.59. The first-order valence-electron chi connectivity index (χ1n) is 4.89. The number of nitrogens with one attached hydrogen (secondary N) is 1. The number of nitrogens with zero attached hydrogens (tertiary/aromatic N) is 1. The van der Waals surface area contributed by atoms with Crippen LogP contribution in [0, 0.1) is 5.92 Å². The topological polar surface area (TPSA) is 32.3 Å². The van der Waals surface area contributed by atoms with Crippen LogP contribution in [0.3, 0.4) is 0 Å². The Labute approximate surface area is 73.1 Å². The van der Waals surface area contributed by atoms with Crippen LogP contribution in [-0.2, 0) is 0 Å². The van der Waals surface area contributed by atoms with E-state index >= 15 is 0 Å². The molecule has 2 aliphatic rings. The first-order chi connectivity index (χ1) is 5.86. The third kappa shape index (κ3) is 1.90. The summed E-state index contributed by atoms with van der Waals surface area (Å²) in [5.74, 6) is 0.788. The minimum atomic E-state index is 0.152. The molecule has 3 heteroatoms. The highest BCUT2D eigenvalue weighted by Crippen LogP contribution is 2.27. The van der Waals surface area contributed by atoms with E-state index in [-0.39, 0.29) is 6.03 Å². The summed E-state index contributed by atoms with van der Waals surface area (Å²) >= 11 is 0. The van der Waals surface area contributed by atoms with Gasteiger partial charge in [0.1, 0.15) is 0 Å². The zero-order valence-corrected chi connectivity index (χ0v) is 7.38. The van der Waals surface area contributed by atoms with Crippen LogP contribution in [0.5, 0.6) is 0 Å². The number of hydrogen-bond donors (Lipinski definition) is 1. The van der Waals surface area contributed by atoms with Crippen molar-refractivity contribution in [3.05, 3.63) is 0 Å². The van der Waals surface area contributed by atoms with Crippen molar-refractivity contribution < 1.29 is 4.79 Å². The van der Waals surface area contributed by atoms with Gasteiger partial charge in [-0.05, 0) is 31.6 Å². The Morgan fingerprint density at radius 2 is 2.00 bits per heavy atom. The molecule has 0 aromatic carbocycles. The van der Waals surface area contributed by atoms with Crippen molar-refractivity contribution in [2.24, 2.45) is 5.92 Å². The molecule has 1 heterocycles. The summed E-state index contributed by atoms with van der Waals surface area (Å²) in [5, 5.41) is 2.97. The van der Waals surface area contributed by atoms with Crippen LogP contribution in [-0.4, -0.2) is 30.6 Å². The molecule has 0 aromatic rings. The zero-order chi connectivity index (χ0) is 8.39. The van der Waals surface area contributed by atoms with Crippen LogP contribution >= 0.6 is 0 Å². The molecular formula is C9H16N2O. The van der Waals surface area contributed by atoms with Crippen molar-refractivity contribution in [2.75, 3.05) is 19.6 Å². The lowest BCUT2D eigenvalue weighted by molar-refractivity contribution is 0.208. The van der Waals surface area contributed by atoms with E-state index in [1.807, 2.05) is 4.90 Å². The molecular weight excluding hydrogens is 152 g/mol. The summed E-state index contributed by atoms with van der Waals surface area (Å²) in [6.07, 6.45) is 4.97. The van der Waals surface area contributed by atoms with Gasteiger partial charge in [0.05, 0.1) is 0 Å². The number of carbonyl (C=O) groups excluding carboxylic acids is 1. The first kappa shape index (κ1) is 7.90. The highest BCUT2D eigenvalue weighted by Gasteiger charge is 2.23. The Hall–Kier alpha value is -0.730. The molecule has 2 fully saturated rings. The summed E-state index contributed by atoms with van der Waals surface area (Å²) in [4.78, 5) is 13.3. The minimum absolute atomic E-state index is 0.152. The zero-order valence-electron chi connectivity index (χ0n) is 7.38. The van der Waals surface area contributed by atoms with E-state index in [0.29, 0.717) is 0 Å². The second-order valence-electron chi connectivity index (χ2n) is 3.82. The second-order valence-corrected chi connectivity index (χ2v) is 3.82. The summed E-state index contributed by atoms with van der Waals surface area (Å²) in [6.45, 7) is 2.81. The Morgan fingerprint density at radius 1 is 1.33 bits per heavy atom. The van der Waals surface area contributed by atoms with E-state index < -0.39 is 0 Å². The van der Waals surface area contributed by atoms with Crippen molar-refractivity contribution in [3.63, 3.8) is 0 Å². The Morgan fingerprint density at radius 3 is 2.58 bits per heavy atom. The molecule has 3 nitrogen and oxygen atoms in total. The van der Waals surface area contributed by atoms with Crippen LogP contribution in [0.2, 0.25) is 0 Å². The molecule has 1 N–H and O–H groups in total. The predicted octanol–water partition coefficient (Wildman–Crippen LogP) is 1.20. The molecule has 2 rings (SSSR count). The van der Waals surface area contributed by atoms with E-state index in [9.17, 15) is 4.79 Å². The third-order valence-corrected chi connectivity index (χ3v) is 2.63. The Bertz CT molecular complexity index is 171. The molecule has 0 aromatic heterocycles. The van der Waals surface area contributed by atoms with Gasteiger partial charge in [-0.2, -0.15) is 0 Å². The number of urea groups is 1. The van der Waals surface area contributed by atoms with Crippen LogP contribution in [0.4, 0.5) is 4.79 Å². The Kier molecular flexibility index (Phi) is 2.19. The van der Waals surface area contributed by atoms with Crippen molar-refractivity contribution in [2.45, 2.75) is 25.7 Å². The van der Waals surface area contributed by atoms with Crippen LogP contribution < -0.4 is 5.32 Å². The van der Waals surface area contributed by atoms with Gasteiger partial charge >= 0.3 is 6.03 Å². The second kappa shape index (κ2) is 3.33. The lowest BCUT2D eigenvalue weighted by atomic mass is 10.4. The maximum absolute atomic E-state index is 11.4. The fourth-order valence-electron chi connectivity index (χ4n) is 1.59. The predicted molar refractivity (Wildman–Crippen MR) is 46.9 cm³/mol. The van der Waals surface area contributed by atoms with Crippen LogP contribution in [0.25, 0.3) is 0 Å². The van der Waals surface area contributed by atoms with Crippen molar-refractivity contribution >= 4 is 6.03 Å². The van der Waals surface area contributed by atoms with Gasteiger partial charge in [0.2, 0.25) is 0 Å². The number of rotatable bonds is 2. The van der Waals surface area contributed by atoms with E-state index in [2.05, 4.69) is 5.32 Å². The molecule has 0 radical (unpaired) electrons. The van der Waals surface area contributed by atoms with Crippen molar-refractivity contribution in [1.82, 2.24) is 10.2 Å². The van der Waals surface area contributed by atoms with Gasteiger partial charge in [-0.15, -0.1) is 0 Å². The maximum atomic E-state index is 11.4. The van der Waals surface area contributed by atoms with Gasteiger partial charge in [0.15, 0.2) is 0 Å². The van der Waals surface area contributed by atoms with E-state index in [0.717, 1.165) is 25.6 Å². The smallest absolute Gasteiger partial charge is 0.317 e. The highest BCUT2D eigenvalue weighted by atomic mass is 16.2. The van der Waals surface area contributed by atoms with Gasteiger partial charge in [0, 0.05) is 19.6 Å². The SMILES string of the molecule is O=C(NCC1CC1)N1CCCC1. The molecule has 1 saturated heterocycles. The average molecular weight is 168 g/mol. The number of carbonyl (C=O) groups is 1. The van der Waals surface area contributed by atoms with Gasteiger partial charge in [-0.1, -0.05) is 0 Å². The Balaban J connectivity index is 1.67. The molecule has 12 heavy (non-hydrogen) atoms. The monoisotopic (exact) mass is 168 g/mol. The first-order valence-corrected chi connectivity index (χ1v) is 4.89. The van der Waals surface area contributed by atoms with Crippen LogP contribution in [0.15, 0.2) is 0 Å². The third-order valence-electron chi connectivity index (χ3n) is 2.63. The molecule has 0 unspecified atom stereocenters. The van der Waals surface area contributed by atoms with E-state index in [4.69, 9.17) is 0 Å². The maximum Gasteiger partial charge on any atom is 0.317 e. The summed E-state index contributed by atoms with van der Waals surface area (Å²) in [5.41, 5.74) is 0. The van der Waals surface area contributed by atoms with Crippen LogP contribution in [0.1, 0.15) is 25.7 Å². The summed E-state index contributed by atoms with van der Waals surface area (Å²) < 4.78 is 0. The number of amides is 2. The van der Waals surface area contributed by atoms with Gasteiger partial charge < -0.3 is 10.2 Å². The van der Waals surface area contributed by atoms with E-state index in [1.165, 1.54) is 25.7 Å². The van der Waals surface area contributed by atoms with E-state index in [1.54, 1.807) is 0 Å². The molecule has 2 amide bonds.